The number of amides is 3. The third kappa shape index (κ3) is 4.94. The third-order valence-electron chi connectivity index (χ3n) is 6.62. The van der Waals surface area contributed by atoms with Crippen molar-refractivity contribution < 1.29 is 23.9 Å². The Bertz CT molecular complexity index is 852. The van der Waals surface area contributed by atoms with Gasteiger partial charge in [-0.3, -0.25) is 14.4 Å². The maximum absolute atomic E-state index is 12.7. The van der Waals surface area contributed by atoms with Crippen molar-refractivity contribution in [3.05, 3.63) is 23.8 Å². The van der Waals surface area contributed by atoms with E-state index in [9.17, 15) is 14.4 Å². The summed E-state index contributed by atoms with van der Waals surface area (Å²) >= 11 is 0. The molecule has 1 spiro atoms. The van der Waals surface area contributed by atoms with Crippen LogP contribution in [0, 0.1) is 0 Å². The van der Waals surface area contributed by atoms with Crippen molar-refractivity contribution in [2.45, 2.75) is 63.0 Å². The lowest BCUT2D eigenvalue weighted by Gasteiger charge is -2.32. The number of carbonyl (C=O) groups excluding carboxylic acids is 3. The lowest BCUT2D eigenvalue weighted by atomic mass is 9.94. The predicted molar refractivity (Wildman–Crippen MR) is 114 cm³/mol. The Labute approximate surface area is 182 Å². The molecular weight excluding hydrogens is 398 g/mol. The molecule has 3 amide bonds. The summed E-state index contributed by atoms with van der Waals surface area (Å²) in [7, 11) is 1.56. The third-order valence-corrected chi connectivity index (χ3v) is 6.62. The van der Waals surface area contributed by atoms with Crippen molar-refractivity contribution in [1.29, 1.82) is 0 Å². The van der Waals surface area contributed by atoms with Gasteiger partial charge >= 0.3 is 0 Å². The molecule has 1 aliphatic carbocycles. The molecule has 1 atom stereocenters. The highest BCUT2D eigenvalue weighted by Crippen LogP contribution is 2.35. The summed E-state index contributed by atoms with van der Waals surface area (Å²) in [5.41, 5.74) is -0.241. The van der Waals surface area contributed by atoms with Gasteiger partial charge in [-0.1, -0.05) is 19.3 Å². The smallest absolute Gasteiger partial charge is 0.255 e. The standard InChI is InChI=1S/C23H31N3O5/c1-30-17-7-8-18-19(13-17)31-23(15-24-22(18)29)10-9-21(28)26(12-11-23)14-20(27)25-16-5-3-2-4-6-16/h7-8,13,16H,2-6,9-12,14-15H2,1H3,(H,24,29)(H,25,27). The monoisotopic (exact) mass is 429 g/mol. The second-order valence-electron chi connectivity index (χ2n) is 8.80. The molecule has 31 heavy (non-hydrogen) atoms. The number of likely N-dealkylation sites (tertiary alicyclic amines) is 1. The second kappa shape index (κ2) is 9.16. The molecule has 2 heterocycles. The molecule has 1 saturated carbocycles. The summed E-state index contributed by atoms with van der Waals surface area (Å²) in [5.74, 6) is 0.718. The van der Waals surface area contributed by atoms with Crippen LogP contribution in [0.4, 0.5) is 0 Å². The normalized spacial score (nSPS) is 24.5. The van der Waals surface area contributed by atoms with Gasteiger partial charge in [-0.05, 0) is 31.4 Å². The largest absolute Gasteiger partial charge is 0.497 e. The topological polar surface area (TPSA) is 97.0 Å². The first-order chi connectivity index (χ1) is 15.0. The van der Waals surface area contributed by atoms with Crippen LogP contribution in [0.1, 0.15) is 61.7 Å². The van der Waals surface area contributed by atoms with Gasteiger partial charge in [-0.2, -0.15) is 0 Å². The lowest BCUT2D eigenvalue weighted by Crippen LogP contribution is -2.47. The molecular formula is C23H31N3O5. The van der Waals surface area contributed by atoms with Crippen molar-refractivity contribution in [3.63, 3.8) is 0 Å². The van der Waals surface area contributed by atoms with Crippen molar-refractivity contribution in [2.24, 2.45) is 0 Å². The van der Waals surface area contributed by atoms with Gasteiger partial charge in [0.25, 0.3) is 5.91 Å². The predicted octanol–water partition coefficient (Wildman–Crippen LogP) is 2.02. The zero-order valence-electron chi connectivity index (χ0n) is 18.1. The fourth-order valence-electron chi connectivity index (χ4n) is 4.73. The van der Waals surface area contributed by atoms with Gasteiger partial charge in [0.15, 0.2) is 0 Å². The molecule has 1 aromatic carbocycles. The van der Waals surface area contributed by atoms with Crippen molar-refractivity contribution in [2.75, 3.05) is 26.7 Å². The zero-order chi connectivity index (χ0) is 21.8. The van der Waals surface area contributed by atoms with Crippen LogP contribution in [-0.4, -0.2) is 61.0 Å². The summed E-state index contributed by atoms with van der Waals surface area (Å²) in [6.45, 7) is 0.798. The van der Waals surface area contributed by atoms with Crippen molar-refractivity contribution in [1.82, 2.24) is 15.5 Å². The van der Waals surface area contributed by atoms with Crippen molar-refractivity contribution >= 4 is 17.7 Å². The van der Waals surface area contributed by atoms with E-state index in [1.54, 1.807) is 30.2 Å². The molecule has 8 heteroatoms. The van der Waals surface area contributed by atoms with Crippen LogP contribution in [0.5, 0.6) is 11.5 Å². The second-order valence-corrected chi connectivity index (χ2v) is 8.80. The summed E-state index contributed by atoms with van der Waals surface area (Å²) in [6.07, 6.45) is 6.82. The van der Waals surface area contributed by atoms with E-state index in [0.717, 1.165) is 25.7 Å². The number of nitrogens with one attached hydrogen (secondary N) is 2. The fourth-order valence-corrected chi connectivity index (χ4v) is 4.73. The van der Waals surface area contributed by atoms with E-state index in [0.29, 0.717) is 43.0 Å². The van der Waals surface area contributed by atoms with E-state index in [-0.39, 0.29) is 36.7 Å². The Morgan fingerprint density at radius 3 is 2.84 bits per heavy atom. The van der Waals surface area contributed by atoms with Crippen LogP contribution in [0.15, 0.2) is 18.2 Å². The maximum Gasteiger partial charge on any atom is 0.255 e. The number of carbonyl (C=O) groups is 3. The molecule has 1 aromatic rings. The summed E-state index contributed by atoms with van der Waals surface area (Å²) in [6, 6.07) is 5.35. The minimum absolute atomic E-state index is 0.0549. The first-order valence-electron chi connectivity index (χ1n) is 11.2. The number of nitrogens with zero attached hydrogens (tertiary/aromatic N) is 1. The SMILES string of the molecule is COc1ccc2c(c1)OC1(CCC(=O)N(CC(=O)NC3CCCCC3)CC1)CNC2=O. The number of hydrogen-bond acceptors (Lipinski definition) is 5. The molecule has 3 aliphatic rings. The van der Waals surface area contributed by atoms with Crippen LogP contribution < -0.4 is 20.1 Å². The minimum atomic E-state index is -0.697. The Hall–Kier alpha value is -2.77. The first kappa shape index (κ1) is 21.5. The Morgan fingerprint density at radius 1 is 1.26 bits per heavy atom. The van der Waals surface area contributed by atoms with E-state index in [2.05, 4.69) is 10.6 Å². The van der Waals surface area contributed by atoms with Gasteiger partial charge in [-0.15, -0.1) is 0 Å². The van der Waals surface area contributed by atoms with Gasteiger partial charge in [0, 0.05) is 31.5 Å². The maximum atomic E-state index is 12.7. The summed E-state index contributed by atoms with van der Waals surface area (Å²) < 4.78 is 11.6. The van der Waals surface area contributed by atoms with Gasteiger partial charge in [0.1, 0.15) is 17.1 Å². The van der Waals surface area contributed by atoms with E-state index < -0.39 is 5.60 Å². The molecule has 2 N–H and O–H groups in total. The first-order valence-corrected chi connectivity index (χ1v) is 11.2. The van der Waals surface area contributed by atoms with Crippen LogP contribution >= 0.6 is 0 Å². The highest BCUT2D eigenvalue weighted by Gasteiger charge is 2.40. The highest BCUT2D eigenvalue weighted by atomic mass is 16.5. The van der Waals surface area contributed by atoms with Crippen LogP contribution in [-0.2, 0) is 9.59 Å². The van der Waals surface area contributed by atoms with Crippen LogP contribution in [0.3, 0.4) is 0 Å². The molecule has 2 fully saturated rings. The number of rotatable bonds is 4. The number of methoxy groups -OCH3 is 1. The number of hydrogen-bond donors (Lipinski definition) is 2. The molecule has 0 radical (unpaired) electrons. The van der Waals surface area contributed by atoms with E-state index in [1.807, 2.05) is 0 Å². The minimum Gasteiger partial charge on any atom is -0.497 e. The summed E-state index contributed by atoms with van der Waals surface area (Å²) in [4.78, 5) is 39.4. The molecule has 168 valence electrons. The Morgan fingerprint density at radius 2 is 2.06 bits per heavy atom. The Kier molecular flexibility index (Phi) is 6.34. The fraction of sp³-hybridized carbons (Fsp3) is 0.609. The number of benzene rings is 1. The average Bonchev–Trinajstić information content (AvgIpc) is 3.01. The van der Waals surface area contributed by atoms with Gasteiger partial charge in [0.2, 0.25) is 11.8 Å². The molecule has 1 unspecified atom stereocenters. The van der Waals surface area contributed by atoms with E-state index in [1.165, 1.54) is 6.42 Å². The average molecular weight is 430 g/mol. The molecule has 0 aromatic heterocycles. The molecule has 2 aliphatic heterocycles. The molecule has 1 saturated heterocycles. The molecule has 4 rings (SSSR count). The van der Waals surface area contributed by atoms with E-state index in [4.69, 9.17) is 9.47 Å². The van der Waals surface area contributed by atoms with Crippen molar-refractivity contribution in [3.8, 4) is 11.5 Å². The van der Waals surface area contributed by atoms with Gasteiger partial charge in [0.05, 0.1) is 25.8 Å². The lowest BCUT2D eigenvalue weighted by molar-refractivity contribution is -0.135. The molecule has 8 nitrogen and oxygen atoms in total. The number of ether oxygens (including phenoxy) is 2. The van der Waals surface area contributed by atoms with Crippen LogP contribution in [0.25, 0.3) is 0 Å². The summed E-state index contributed by atoms with van der Waals surface area (Å²) in [5, 5.41) is 6.02. The van der Waals surface area contributed by atoms with Crippen LogP contribution in [0.2, 0.25) is 0 Å². The Balaban J connectivity index is 1.43. The molecule has 0 bridgehead atoms. The number of fused-ring (bicyclic) bond motifs is 1. The zero-order valence-corrected chi connectivity index (χ0v) is 18.1. The van der Waals surface area contributed by atoms with E-state index >= 15 is 0 Å². The van der Waals surface area contributed by atoms with Gasteiger partial charge < -0.3 is 25.0 Å². The van der Waals surface area contributed by atoms with Gasteiger partial charge in [-0.25, -0.2) is 0 Å². The highest BCUT2D eigenvalue weighted by molar-refractivity contribution is 5.97. The quantitative estimate of drug-likeness (QED) is 0.763.